The van der Waals surface area contributed by atoms with Gasteiger partial charge in [0.05, 0.1) is 0 Å². The minimum Gasteiger partial charge on any atom is -0.854 e. The molecule has 2 atom stereocenters. The second-order valence-corrected chi connectivity index (χ2v) is 5.17. The molecular formula is C16H34CaO2. The second kappa shape index (κ2) is 21.5. The molecule has 0 aliphatic heterocycles. The first-order valence-corrected chi connectivity index (χ1v) is 7.86. The van der Waals surface area contributed by atoms with Gasteiger partial charge < -0.3 is 10.2 Å². The largest absolute Gasteiger partial charge is 2.00 e. The van der Waals surface area contributed by atoms with E-state index in [0.29, 0.717) is 11.8 Å². The minimum atomic E-state index is 0. The van der Waals surface area contributed by atoms with Crippen molar-refractivity contribution >= 4 is 37.7 Å². The van der Waals surface area contributed by atoms with E-state index < -0.39 is 0 Å². The molecule has 0 radical (unpaired) electrons. The van der Waals surface area contributed by atoms with E-state index in [1.165, 1.54) is 25.7 Å². The summed E-state index contributed by atoms with van der Waals surface area (Å²) in [6.07, 6.45) is 9.27. The van der Waals surface area contributed by atoms with Crippen LogP contribution < -0.4 is 10.2 Å². The van der Waals surface area contributed by atoms with Gasteiger partial charge in [-0.1, -0.05) is 90.9 Å². The molecule has 0 amide bonds. The van der Waals surface area contributed by atoms with Gasteiger partial charge in [-0.2, -0.15) is 0 Å². The van der Waals surface area contributed by atoms with Gasteiger partial charge in [0, 0.05) is 0 Å². The SMILES string of the molecule is CCCCC(CC)C[O-].CCCCC(CC)C[O-].[Ca+2]. The van der Waals surface area contributed by atoms with Gasteiger partial charge in [-0.15, -0.1) is 13.2 Å². The summed E-state index contributed by atoms with van der Waals surface area (Å²) >= 11 is 0. The zero-order chi connectivity index (χ0) is 14.2. The minimum absolute atomic E-state index is 0. The Balaban J connectivity index is -0.000000256. The van der Waals surface area contributed by atoms with Crippen LogP contribution in [-0.2, 0) is 0 Å². The van der Waals surface area contributed by atoms with Crippen molar-refractivity contribution in [2.24, 2.45) is 11.8 Å². The summed E-state index contributed by atoms with van der Waals surface area (Å²) < 4.78 is 0. The number of unbranched alkanes of at least 4 members (excludes halogenated alkanes) is 2. The summed E-state index contributed by atoms with van der Waals surface area (Å²) in [6.45, 7) is 8.76. The van der Waals surface area contributed by atoms with Crippen molar-refractivity contribution in [3.8, 4) is 0 Å². The zero-order valence-corrected chi connectivity index (χ0v) is 16.0. The molecule has 0 saturated carbocycles. The molecule has 0 spiro atoms. The normalized spacial score (nSPS) is 12.9. The summed E-state index contributed by atoms with van der Waals surface area (Å²) in [5.74, 6) is 0.898. The Hall–Kier alpha value is 1.18. The van der Waals surface area contributed by atoms with Crippen molar-refractivity contribution in [1.82, 2.24) is 0 Å². The van der Waals surface area contributed by atoms with Crippen LogP contribution in [0.3, 0.4) is 0 Å². The van der Waals surface area contributed by atoms with Gasteiger partial charge in [0.15, 0.2) is 0 Å². The van der Waals surface area contributed by atoms with Crippen LogP contribution in [0.1, 0.15) is 79.1 Å². The third kappa shape index (κ3) is 19.2. The van der Waals surface area contributed by atoms with Crippen molar-refractivity contribution in [2.75, 3.05) is 13.2 Å². The Morgan fingerprint density at radius 3 is 1.16 bits per heavy atom. The molecule has 0 aromatic rings. The van der Waals surface area contributed by atoms with Crippen LogP contribution >= 0.6 is 0 Å². The second-order valence-electron chi connectivity index (χ2n) is 5.17. The average molecular weight is 299 g/mol. The van der Waals surface area contributed by atoms with Gasteiger partial charge in [0.2, 0.25) is 0 Å². The van der Waals surface area contributed by atoms with Crippen LogP contribution in [0, 0.1) is 11.8 Å². The molecule has 3 heteroatoms. The molecule has 0 aromatic heterocycles. The maximum absolute atomic E-state index is 10.4. The van der Waals surface area contributed by atoms with Crippen molar-refractivity contribution < 1.29 is 10.2 Å². The molecule has 0 N–H and O–H groups in total. The smallest absolute Gasteiger partial charge is 0.854 e. The predicted molar refractivity (Wildman–Crippen MR) is 82.1 cm³/mol. The standard InChI is InChI=1S/2C8H17O.Ca/c2*1-3-5-6-8(4-2)7-9;/h2*8H,3-7H2,1-2H3;/q2*-1;+2. The topological polar surface area (TPSA) is 46.1 Å². The molecule has 0 saturated heterocycles. The van der Waals surface area contributed by atoms with Crippen LogP contribution in [0.5, 0.6) is 0 Å². The van der Waals surface area contributed by atoms with Crippen molar-refractivity contribution in [3.05, 3.63) is 0 Å². The molecule has 0 rings (SSSR count). The molecule has 0 aliphatic rings. The van der Waals surface area contributed by atoms with Gasteiger partial charge in [-0.05, 0) is 0 Å². The molecule has 2 nitrogen and oxygen atoms in total. The fraction of sp³-hybridized carbons (Fsp3) is 1.00. The Kier molecular flexibility index (Phi) is 28.4. The number of hydrogen-bond donors (Lipinski definition) is 0. The van der Waals surface area contributed by atoms with Crippen molar-refractivity contribution in [2.45, 2.75) is 79.1 Å². The molecule has 0 heterocycles. The van der Waals surface area contributed by atoms with Crippen LogP contribution in [0.2, 0.25) is 0 Å². The molecular weight excluding hydrogens is 264 g/mol. The van der Waals surface area contributed by atoms with Crippen LogP contribution in [0.25, 0.3) is 0 Å². The Morgan fingerprint density at radius 1 is 0.684 bits per heavy atom. The van der Waals surface area contributed by atoms with Crippen LogP contribution in [0.15, 0.2) is 0 Å². The first-order chi connectivity index (χ1) is 8.69. The summed E-state index contributed by atoms with van der Waals surface area (Å²) in [5, 5.41) is 20.7. The fourth-order valence-electron chi connectivity index (χ4n) is 1.80. The quantitative estimate of drug-likeness (QED) is 0.582. The third-order valence-electron chi connectivity index (χ3n) is 3.56. The van der Waals surface area contributed by atoms with Gasteiger partial charge in [0.1, 0.15) is 0 Å². The molecule has 0 fully saturated rings. The molecule has 0 bridgehead atoms. The molecule has 0 aliphatic carbocycles. The van der Waals surface area contributed by atoms with Crippen LogP contribution in [-0.4, -0.2) is 51.0 Å². The predicted octanol–water partition coefficient (Wildman–Crippen LogP) is 2.75. The van der Waals surface area contributed by atoms with Crippen molar-refractivity contribution in [3.63, 3.8) is 0 Å². The van der Waals surface area contributed by atoms with Crippen molar-refractivity contribution in [1.29, 1.82) is 0 Å². The monoisotopic (exact) mass is 298 g/mol. The summed E-state index contributed by atoms with van der Waals surface area (Å²) in [4.78, 5) is 0. The zero-order valence-electron chi connectivity index (χ0n) is 13.7. The molecule has 2 unspecified atom stereocenters. The molecule has 112 valence electrons. The number of hydrogen-bond acceptors (Lipinski definition) is 2. The fourth-order valence-corrected chi connectivity index (χ4v) is 1.80. The summed E-state index contributed by atoms with van der Waals surface area (Å²) in [7, 11) is 0. The maximum atomic E-state index is 10.4. The van der Waals surface area contributed by atoms with E-state index in [-0.39, 0.29) is 51.0 Å². The van der Waals surface area contributed by atoms with Gasteiger partial charge in [-0.3, -0.25) is 0 Å². The summed E-state index contributed by atoms with van der Waals surface area (Å²) in [6, 6.07) is 0. The van der Waals surface area contributed by atoms with Gasteiger partial charge in [-0.25, -0.2) is 0 Å². The van der Waals surface area contributed by atoms with E-state index in [4.69, 9.17) is 0 Å². The van der Waals surface area contributed by atoms with Gasteiger partial charge >= 0.3 is 37.7 Å². The Labute approximate surface area is 151 Å². The summed E-state index contributed by atoms with van der Waals surface area (Å²) in [5.41, 5.74) is 0. The van der Waals surface area contributed by atoms with E-state index in [1.807, 2.05) is 0 Å². The Morgan fingerprint density at radius 2 is 1.00 bits per heavy atom. The first kappa shape index (κ1) is 25.2. The van der Waals surface area contributed by atoms with E-state index >= 15 is 0 Å². The van der Waals surface area contributed by atoms with E-state index in [9.17, 15) is 10.2 Å². The maximum Gasteiger partial charge on any atom is 2.00 e. The van der Waals surface area contributed by atoms with Gasteiger partial charge in [0.25, 0.3) is 0 Å². The first-order valence-electron chi connectivity index (χ1n) is 7.86. The van der Waals surface area contributed by atoms with E-state index in [2.05, 4.69) is 27.7 Å². The average Bonchev–Trinajstić information content (AvgIpc) is 2.42. The Bertz CT molecular complexity index is 119. The third-order valence-corrected chi connectivity index (χ3v) is 3.56. The molecule has 0 aromatic carbocycles. The van der Waals surface area contributed by atoms with Crippen LogP contribution in [0.4, 0.5) is 0 Å². The number of rotatable bonds is 10. The molecule has 19 heavy (non-hydrogen) atoms. The van der Waals surface area contributed by atoms with E-state index in [0.717, 1.165) is 25.7 Å². The van der Waals surface area contributed by atoms with E-state index in [1.54, 1.807) is 0 Å².